The average Bonchev–Trinajstić information content (AvgIpc) is 3.07. The van der Waals surface area contributed by atoms with Crippen molar-refractivity contribution in [3.63, 3.8) is 0 Å². The fourth-order valence-electron chi connectivity index (χ4n) is 2.35. The Morgan fingerprint density at radius 2 is 1.57 bits per heavy atom. The zero-order valence-electron chi connectivity index (χ0n) is 14.1. The molecule has 0 fully saturated rings. The van der Waals surface area contributed by atoms with Gasteiger partial charge in [0.1, 0.15) is 21.2 Å². The van der Waals surface area contributed by atoms with Crippen molar-refractivity contribution >= 4 is 48.6 Å². The van der Waals surface area contributed by atoms with Gasteiger partial charge in [-0.3, -0.25) is 14.2 Å². The molecular formula is C13H9N5O10S2. The molecule has 0 spiro atoms. The van der Waals surface area contributed by atoms with Gasteiger partial charge >= 0.3 is 5.97 Å². The molecule has 0 radical (unpaired) electrons. The maximum Gasteiger partial charge on any atom is 0.373 e. The van der Waals surface area contributed by atoms with Crippen LogP contribution in [0.1, 0.15) is 10.6 Å². The Morgan fingerprint density at radius 3 is 2.10 bits per heavy atom. The Bertz CT molecular complexity index is 1440. The van der Waals surface area contributed by atoms with E-state index in [0.717, 1.165) is 6.07 Å². The van der Waals surface area contributed by atoms with Crippen LogP contribution in [0, 0.1) is 0 Å². The Kier molecular flexibility index (Phi) is 4.90. The van der Waals surface area contributed by atoms with Gasteiger partial charge in [-0.25, -0.2) is 4.79 Å². The van der Waals surface area contributed by atoms with Crippen LogP contribution in [-0.4, -0.2) is 62.4 Å². The number of H-pyrrole nitrogens is 1. The van der Waals surface area contributed by atoms with Crippen molar-refractivity contribution in [3.8, 4) is 11.5 Å². The van der Waals surface area contributed by atoms with Crippen LogP contribution >= 0.6 is 0 Å². The molecule has 6 N–H and O–H groups in total. The number of aromatic carboxylic acids is 1. The lowest BCUT2D eigenvalue weighted by Crippen LogP contribution is -2.01. The molecule has 0 amide bonds. The quantitative estimate of drug-likeness (QED) is 0.230. The van der Waals surface area contributed by atoms with E-state index in [9.17, 15) is 36.4 Å². The number of aromatic hydroxyl groups is 2. The minimum absolute atomic E-state index is 0.248. The van der Waals surface area contributed by atoms with Crippen LogP contribution in [0.25, 0.3) is 10.8 Å². The SMILES string of the molecule is O=C(O)c1nc(N=Nc2c(O)c(S(=O)(=O)O)cc3cc(S(=O)(=O)O)c(O)cc23)n[nH]1. The Balaban J connectivity index is 2.32. The molecule has 0 aliphatic carbocycles. The number of fused-ring (bicyclic) bond motifs is 1. The number of carboxylic acid groups (broad SMARTS) is 1. The molecule has 158 valence electrons. The molecule has 0 bridgehead atoms. The number of aromatic nitrogens is 3. The van der Waals surface area contributed by atoms with Crippen molar-refractivity contribution in [1.29, 1.82) is 0 Å². The predicted molar refractivity (Wildman–Crippen MR) is 94.4 cm³/mol. The van der Waals surface area contributed by atoms with Crippen LogP contribution in [-0.2, 0) is 20.2 Å². The molecule has 2 aromatic carbocycles. The average molecular weight is 459 g/mol. The lowest BCUT2D eigenvalue weighted by atomic mass is 10.1. The highest BCUT2D eigenvalue weighted by atomic mass is 32.2. The van der Waals surface area contributed by atoms with Gasteiger partial charge in [0.05, 0.1) is 0 Å². The monoisotopic (exact) mass is 459 g/mol. The molecule has 17 heteroatoms. The normalized spacial score (nSPS) is 12.6. The summed E-state index contributed by atoms with van der Waals surface area (Å²) in [6.45, 7) is 0. The minimum atomic E-state index is -5.04. The van der Waals surface area contributed by atoms with E-state index in [4.69, 9.17) is 9.66 Å². The summed E-state index contributed by atoms with van der Waals surface area (Å²) < 4.78 is 64.3. The van der Waals surface area contributed by atoms with Gasteiger partial charge in [0.25, 0.3) is 26.2 Å². The number of carbonyl (C=O) groups is 1. The Labute approximate surface area is 165 Å². The smallest absolute Gasteiger partial charge is 0.373 e. The molecule has 0 atom stereocenters. The number of nitrogens with one attached hydrogen (secondary N) is 1. The van der Waals surface area contributed by atoms with Crippen LogP contribution in [0.2, 0.25) is 0 Å². The highest BCUT2D eigenvalue weighted by molar-refractivity contribution is 7.86. The second-order valence-corrected chi connectivity index (χ2v) is 8.33. The summed E-state index contributed by atoms with van der Waals surface area (Å²) >= 11 is 0. The first kappa shape index (κ1) is 21.0. The van der Waals surface area contributed by atoms with Crippen LogP contribution in [0.4, 0.5) is 11.6 Å². The summed E-state index contributed by atoms with van der Waals surface area (Å²) in [6.07, 6.45) is 0. The van der Waals surface area contributed by atoms with Crippen molar-refractivity contribution < 1.29 is 46.1 Å². The summed E-state index contributed by atoms with van der Waals surface area (Å²) in [7, 11) is -9.95. The summed E-state index contributed by atoms with van der Waals surface area (Å²) in [5.74, 6) is -4.68. The molecule has 0 unspecified atom stereocenters. The van der Waals surface area contributed by atoms with Crippen molar-refractivity contribution in [2.75, 3.05) is 0 Å². The van der Waals surface area contributed by atoms with Gasteiger partial charge in [-0.2, -0.15) is 21.8 Å². The van der Waals surface area contributed by atoms with Crippen LogP contribution in [0.5, 0.6) is 11.5 Å². The topological polar surface area (TPSA) is 253 Å². The van der Waals surface area contributed by atoms with Crippen molar-refractivity contribution in [2.45, 2.75) is 9.79 Å². The van der Waals surface area contributed by atoms with Crippen molar-refractivity contribution in [1.82, 2.24) is 15.2 Å². The molecule has 0 aliphatic rings. The summed E-state index contributed by atoms with van der Waals surface area (Å²) in [5, 5.41) is 40.7. The molecule has 0 saturated heterocycles. The third kappa shape index (κ3) is 3.89. The lowest BCUT2D eigenvalue weighted by molar-refractivity contribution is 0.0684. The third-order valence-corrected chi connectivity index (χ3v) is 5.35. The number of azo groups is 1. The number of nitrogens with zero attached hydrogens (tertiary/aromatic N) is 4. The van der Waals surface area contributed by atoms with E-state index in [0.29, 0.717) is 12.1 Å². The van der Waals surface area contributed by atoms with Crippen LogP contribution in [0.3, 0.4) is 0 Å². The van der Waals surface area contributed by atoms with Gasteiger partial charge in [0, 0.05) is 5.39 Å². The number of hydrogen-bond acceptors (Lipinski definition) is 11. The molecule has 3 aromatic rings. The van der Waals surface area contributed by atoms with E-state index >= 15 is 0 Å². The summed E-state index contributed by atoms with van der Waals surface area (Å²) in [4.78, 5) is 12.1. The lowest BCUT2D eigenvalue weighted by Gasteiger charge is -2.10. The molecule has 30 heavy (non-hydrogen) atoms. The fourth-order valence-corrected chi connectivity index (χ4v) is 3.57. The van der Waals surface area contributed by atoms with Gasteiger partial charge < -0.3 is 15.3 Å². The van der Waals surface area contributed by atoms with Crippen molar-refractivity contribution in [3.05, 3.63) is 24.0 Å². The van der Waals surface area contributed by atoms with Gasteiger partial charge in [-0.1, -0.05) is 0 Å². The Morgan fingerprint density at radius 1 is 0.967 bits per heavy atom. The highest BCUT2D eigenvalue weighted by Gasteiger charge is 2.25. The first-order valence-electron chi connectivity index (χ1n) is 7.34. The minimum Gasteiger partial charge on any atom is -0.506 e. The molecule has 15 nitrogen and oxygen atoms in total. The fraction of sp³-hybridized carbons (Fsp3) is 0. The van der Waals surface area contributed by atoms with E-state index in [1.165, 1.54) is 0 Å². The maximum absolute atomic E-state index is 11.6. The number of hydrogen-bond donors (Lipinski definition) is 6. The highest BCUT2D eigenvalue weighted by Crippen LogP contribution is 2.43. The number of benzene rings is 2. The first-order valence-corrected chi connectivity index (χ1v) is 10.2. The number of rotatable bonds is 5. The van der Waals surface area contributed by atoms with Crippen molar-refractivity contribution in [2.24, 2.45) is 10.2 Å². The summed E-state index contributed by atoms with van der Waals surface area (Å²) in [6, 6.07) is 2.08. The van der Waals surface area contributed by atoms with E-state index in [2.05, 4.69) is 20.3 Å². The van der Waals surface area contributed by atoms with Crippen LogP contribution < -0.4 is 0 Å². The van der Waals surface area contributed by atoms with Gasteiger partial charge in [-0.15, -0.1) is 15.3 Å². The van der Waals surface area contributed by atoms with E-state index < -0.39 is 65.0 Å². The number of phenols is 2. The number of aromatic amines is 1. The standard InChI is InChI=1S/C13H9N5O10S2/c19-6-3-5-4(1-7(6)29(23,24)25)2-8(30(26,27)28)10(20)9(5)15-17-13-14-11(12(21)22)16-18-13/h1-3,19-20H,(H,21,22)(H,14,16,18)(H,23,24,25)(H,26,27,28). The second-order valence-electron chi connectivity index (χ2n) is 5.55. The number of carboxylic acids is 1. The zero-order chi connectivity index (χ0) is 22.4. The van der Waals surface area contributed by atoms with E-state index in [-0.39, 0.29) is 10.8 Å². The van der Waals surface area contributed by atoms with Gasteiger partial charge in [0.15, 0.2) is 5.75 Å². The van der Waals surface area contributed by atoms with E-state index in [1.807, 2.05) is 5.10 Å². The Hall–Kier alpha value is -3.67. The van der Waals surface area contributed by atoms with Gasteiger partial charge in [-0.05, 0) is 23.6 Å². The zero-order valence-corrected chi connectivity index (χ0v) is 15.7. The third-order valence-electron chi connectivity index (χ3n) is 3.60. The molecule has 0 aliphatic heterocycles. The van der Waals surface area contributed by atoms with E-state index in [1.54, 1.807) is 0 Å². The second kappa shape index (κ2) is 6.99. The first-order chi connectivity index (χ1) is 13.8. The summed E-state index contributed by atoms with van der Waals surface area (Å²) in [5.41, 5.74) is -0.668. The largest absolute Gasteiger partial charge is 0.506 e. The number of phenolic OH excluding ortho intramolecular Hbond substituents is 2. The van der Waals surface area contributed by atoms with Gasteiger partial charge in [0.2, 0.25) is 5.82 Å². The maximum atomic E-state index is 11.6. The van der Waals surface area contributed by atoms with Crippen LogP contribution in [0.15, 0.2) is 38.2 Å². The molecular weight excluding hydrogens is 450 g/mol. The molecule has 1 aromatic heterocycles. The molecule has 3 rings (SSSR count). The molecule has 0 saturated carbocycles. The molecule has 1 heterocycles. The predicted octanol–water partition coefficient (Wildman–Crippen LogP) is 0.976.